The van der Waals surface area contributed by atoms with Gasteiger partial charge >= 0.3 is 0 Å². The molecule has 8 heteroatoms. The zero-order valence-corrected chi connectivity index (χ0v) is 20.9. The van der Waals surface area contributed by atoms with Gasteiger partial charge in [0.05, 0.1) is 0 Å². The molecule has 1 aliphatic heterocycles. The van der Waals surface area contributed by atoms with Crippen molar-refractivity contribution in [1.29, 1.82) is 0 Å². The fourth-order valence-electron chi connectivity index (χ4n) is 4.72. The summed E-state index contributed by atoms with van der Waals surface area (Å²) in [7, 11) is 0. The van der Waals surface area contributed by atoms with Gasteiger partial charge in [-0.25, -0.2) is 9.29 Å². The van der Waals surface area contributed by atoms with Gasteiger partial charge in [-0.3, -0.25) is 9.36 Å². The van der Waals surface area contributed by atoms with E-state index in [2.05, 4.69) is 53.6 Å². The van der Waals surface area contributed by atoms with E-state index in [0.29, 0.717) is 11.6 Å². The van der Waals surface area contributed by atoms with Gasteiger partial charge in [-0.1, -0.05) is 38.3 Å². The first-order valence-corrected chi connectivity index (χ1v) is 12.9. The number of aromatic nitrogens is 3. The molecule has 1 saturated carbocycles. The summed E-state index contributed by atoms with van der Waals surface area (Å²) in [5.74, 6) is 2.04. The summed E-state index contributed by atoms with van der Waals surface area (Å²) in [6.07, 6.45) is 5.96. The maximum atomic E-state index is 12.8. The Kier molecular flexibility index (Phi) is 6.38. The van der Waals surface area contributed by atoms with Crippen molar-refractivity contribution in [3.8, 4) is 0 Å². The largest absolute Gasteiger partial charge is 0.324 e. The Morgan fingerprint density at radius 3 is 2.64 bits per heavy atom. The number of nitrogens with one attached hydrogen (secondary N) is 1. The minimum absolute atomic E-state index is 0.149. The van der Waals surface area contributed by atoms with Crippen molar-refractivity contribution < 1.29 is 0 Å². The predicted octanol–water partition coefficient (Wildman–Crippen LogP) is 6.21. The molecule has 2 aliphatic rings. The van der Waals surface area contributed by atoms with Crippen LogP contribution in [-0.2, 0) is 0 Å². The molecule has 3 heterocycles. The highest BCUT2D eigenvalue weighted by molar-refractivity contribution is 7.97. The van der Waals surface area contributed by atoms with E-state index >= 15 is 0 Å². The monoisotopic (exact) mass is 483 g/mol. The molecule has 2 fully saturated rings. The third-order valence-corrected chi connectivity index (χ3v) is 8.21. The minimum atomic E-state index is -0.163. The number of hydrogen-bond acceptors (Lipinski definition) is 6. The highest BCUT2D eigenvalue weighted by Crippen LogP contribution is 2.35. The minimum Gasteiger partial charge on any atom is -0.324 e. The van der Waals surface area contributed by atoms with Crippen LogP contribution in [0.1, 0.15) is 51.1 Å². The van der Waals surface area contributed by atoms with E-state index in [1.54, 1.807) is 16.8 Å². The number of anilines is 2. The van der Waals surface area contributed by atoms with Crippen LogP contribution < -0.4 is 10.9 Å². The van der Waals surface area contributed by atoms with Crippen molar-refractivity contribution in [2.24, 2.45) is 11.8 Å². The van der Waals surface area contributed by atoms with Crippen LogP contribution in [0.4, 0.5) is 11.6 Å². The summed E-state index contributed by atoms with van der Waals surface area (Å²) in [5.41, 5.74) is 2.58. The van der Waals surface area contributed by atoms with Gasteiger partial charge in [0.1, 0.15) is 10.7 Å². The van der Waals surface area contributed by atoms with Crippen molar-refractivity contribution >= 4 is 46.2 Å². The van der Waals surface area contributed by atoms with E-state index in [0.717, 1.165) is 67.2 Å². The molecule has 33 heavy (non-hydrogen) atoms. The first-order valence-electron chi connectivity index (χ1n) is 11.8. The molecule has 0 spiro atoms. The Hall–Kier alpha value is -2.09. The predicted molar refractivity (Wildman–Crippen MR) is 137 cm³/mol. The van der Waals surface area contributed by atoms with Gasteiger partial charge in [0.15, 0.2) is 0 Å². The third-order valence-electron chi connectivity index (χ3n) is 6.92. The van der Waals surface area contributed by atoms with Gasteiger partial charge in [-0.05, 0) is 73.4 Å². The van der Waals surface area contributed by atoms with E-state index in [1.165, 1.54) is 4.90 Å². The summed E-state index contributed by atoms with van der Waals surface area (Å²) in [4.78, 5) is 23.3. The summed E-state index contributed by atoms with van der Waals surface area (Å²) in [6, 6.07) is 8.24. The Balaban J connectivity index is 1.37. The lowest BCUT2D eigenvalue weighted by Crippen LogP contribution is -2.44. The molecule has 0 unspecified atom stereocenters. The highest BCUT2D eigenvalue weighted by Gasteiger charge is 2.29. The molecule has 1 aromatic carbocycles. The molecular formula is C25H30ClN5OS. The van der Waals surface area contributed by atoms with Crippen LogP contribution in [0, 0.1) is 18.8 Å². The lowest BCUT2D eigenvalue weighted by molar-refractivity contribution is 0.166. The Morgan fingerprint density at radius 1 is 1.18 bits per heavy atom. The lowest BCUT2D eigenvalue weighted by atomic mass is 9.91. The third kappa shape index (κ3) is 4.63. The second-order valence-electron chi connectivity index (χ2n) is 9.62. The summed E-state index contributed by atoms with van der Waals surface area (Å²) >= 11 is 8.07. The van der Waals surface area contributed by atoms with Gasteiger partial charge in [-0.2, -0.15) is 4.98 Å². The Labute approximate surface area is 203 Å². The highest BCUT2D eigenvalue weighted by atomic mass is 35.5. The molecule has 1 aliphatic carbocycles. The number of halogens is 1. The summed E-state index contributed by atoms with van der Waals surface area (Å²) < 4.78 is 4.20. The average Bonchev–Trinajstić information content (AvgIpc) is 3.27. The fraction of sp³-hybridized carbons (Fsp3) is 0.480. The summed E-state index contributed by atoms with van der Waals surface area (Å²) in [6.45, 7) is 8.99. The summed E-state index contributed by atoms with van der Waals surface area (Å²) in [5, 5.41) is 4.37. The van der Waals surface area contributed by atoms with Gasteiger partial charge < -0.3 is 5.32 Å². The average molecular weight is 484 g/mol. The van der Waals surface area contributed by atoms with E-state index in [-0.39, 0.29) is 16.6 Å². The number of pyridine rings is 1. The van der Waals surface area contributed by atoms with E-state index in [1.807, 2.05) is 11.9 Å². The van der Waals surface area contributed by atoms with Crippen molar-refractivity contribution in [1.82, 2.24) is 18.8 Å². The second-order valence-corrected chi connectivity index (χ2v) is 11.2. The topological polar surface area (TPSA) is 63.1 Å². The number of nitrogens with zero attached hydrogens (tertiary/aromatic N) is 4. The molecule has 0 bridgehead atoms. The first kappa shape index (κ1) is 22.7. The molecule has 0 atom stereocenters. The van der Waals surface area contributed by atoms with Crippen LogP contribution in [0.5, 0.6) is 0 Å². The molecule has 3 aromatic rings. The number of aryl methyl sites for hydroxylation is 1. The Bertz CT molecular complexity index is 1230. The zero-order chi connectivity index (χ0) is 23.1. The second kappa shape index (κ2) is 9.28. The standard InChI is InChI=1S/C25H30ClN5OS/c1-15(2)18-13-30(14-18)33-20-8-9-22(16(3)10-20)28-25-27-12-17-11-21(26)24(32)31(23(17)29-25)19-6-4-5-7-19/h8-12,15,18-19H,4-7,13-14H2,1-3H3,(H,27,28,29). The molecular weight excluding hydrogens is 454 g/mol. The van der Waals surface area contributed by atoms with Crippen molar-refractivity contribution in [3.05, 3.63) is 51.4 Å². The van der Waals surface area contributed by atoms with Crippen molar-refractivity contribution in [3.63, 3.8) is 0 Å². The van der Waals surface area contributed by atoms with Gasteiger partial charge in [-0.15, -0.1) is 0 Å². The first-order chi connectivity index (χ1) is 15.9. The van der Waals surface area contributed by atoms with E-state index in [9.17, 15) is 4.79 Å². The maximum absolute atomic E-state index is 12.8. The van der Waals surface area contributed by atoms with Crippen LogP contribution in [0.2, 0.25) is 5.02 Å². The molecule has 1 N–H and O–H groups in total. The van der Waals surface area contributed by atoms with Crippen LogP contribution in [0.3, 0.4) is 0 Å². The fourth-order valence-corrected chi connectivity index (χ4v) is 6.11. The molecule has 6 nitrogen and oxygen atoms in total. The van der Waals surface area contributed by atoms with Crippen LogP contribution in [0.25, 0.3) is 11.0 Å². The van der Waals surface area contributed by atoms with Crippen LogP contribution in [-0.4, -0.2) is 31.9 Å². The number of rotatable bonds is 6. The molecule has 5 rings (SSSR count). The molecule has 1 saturated heterocycles. The van der Waals surface area contributed by atoms with Gasteiger partial charge in [0, 0.05) is 41.3 Å². The molecule has 0 amide bonds. The number of fused-ring (bicyclic) bond motifs is 1. The lowest BCUT2D eigenvalue weighted by Gasteiger charge is -2.40. The van der Waals surface area contributed by atoms with Crippen LogP contribution >= 0.6 is 23.5 Å². The normalized spacial score (nSPS) is 17.7. The van der Waals surface area contributed by atoms with Gasteiger partial charge in [0.25, 0.3) is 5.56 Å². The SMILES string of the molecule is Cc1cc(SN2CC(C(C)C)C2)ccc1Nc1ncc2cc(Cl)c(=O)n(C3CCCC3)c2n1. The van der Waals surface area contributed by atoms with Crippen molar-refractivity contribution in [2.75, 3.05) is 18.4 Å². The van der Waals surface area contributed by atoms with Crippen LogP contribution in [0.15, 0.2) is 40.2 Å². The maximum Gasteiger partial charge on any atom is 0.271 e. The Morgan fingerprint density at radius 2 is 1.94 bits per heavy atom. The number of hydrogen-bond donors (Lipinski definition) is 1. The zero-order valence-electron chi connectivity index (χ0n) is 19.3. The van der Waals surface area contributed by atoms with E-state index < -0.39 is 0 Å². The smallest absolute Gasteiger partial charge is 0.271 e. The molecule has 0 radical (unpaired) electrons. The van der Waals surface area contributed by atoms with Gasteiger partial charge in [0.2, 0.25) is 5.95 Å². The quantitative estimate of drug-likeness (QED) is 0.421. The molecule has 174 valence electrons. The van der Waals surface area contributed by atoms with E-state index in [4.69, 9.17) is 16.6 Å². The number of benzene rings is 1. The molecule has 2 aromatic heterocycles. The van der Waals surface area contributed by atoms with Crippen molar-refractivity contribution in [2.45, 2.75) is 57.4 Å².